The summed E-state index contributed by atoms with van der Waals surface area (Å²) in [4.78, 5) is 4.39. The van der Waals surface area contributed by atoms with Gasteiger partial charge in [-0.25, -0.2) is 0 Å². The summed E-state index contributed by atoms with van der Waals surface area (Å²) < 4.78 is 2.07. The minimum Gasteiger partial charge on any atom is -0.303 e. The first-order valence-electron chi connectivity index (χ1n) is 7.65. The van der Waals surface area contributed by atoms with Gasteiger partial charge >= 0.3 is 0 Å². The first-order chi connectivity index (χ1) is 9.58. The molecule has 0 aliphatic carbocycles. The van der Waals surface area contributed by atoms with Crippen LogP contribution in [0.15, 0.2) is 0 Å². The van der Waals surface area contributed by atoms with Gasteiger partial charge in [0.25, 0.3) is 0 Å². The number of halogens is 1. The second-order valence-electron chi connectivity index (χ2n) is 4.76. The highest BCUT2D eigenvalue weighted by Gasteiger charge is 2.19. The van der Waals surface area contributed by atoms with Gasteiger partial charge in [0, 0.05) is 26.2 Å². The molecule has 0 spiro atoms. The Bertz CT molecular complexity index is 374. The number of hydrogen-bond acceptors (Lipinski definition) is 3. The van der Waals surface area contributed by atoms with Crippen LogP contribution in [0.1, 0.15) is 45.5 Å². The average Bonchev–Trinajstić information content (AvgIpc) is 2.62. The van der Waals surface area contributed by atoms with E-state index in [9.17, 15) is 0 Å². The van der Waals surface area contributed by atoms with Crippen molar-refractivity contribution in [2.75, 3.05) is 27.7 Å². The fourth-order valence-electron chi connectivity index (χ4n) is 2.09. The molecule has 4 nitrogen and oxygen atoms in total. The van der Waals surface area contributed by atoms with Crippen molar-refractivity contribution >= 4 is 11.6 Å². The Hall–Kier alpha value is -0.580. The lowest BCUT2D eigenvalue weighted by molar-refractivity contribution is 0.332. The smallest absolute Gasteiger partial charge is 0.0954 e. The summed E-state index contributed by atoms with van der Waals surface area (Å²) >= 11 is 6.39. The molecule has 0 bridgehead atoms. The molecule has 2 rings (SSSR count). The van der Waals surface area contributed by atoms with Gasteiger partial charge < -0.3 is 9.80 Å². The second-order valence-corrected chi connectivity index (χ2v) is 5.14. The molecule has 1 aliphatic heterocycles. The van der Waals surface area contributed by atoms with E-state index in [1.807, 2.05) is 41.8 Å². The maximum Gasteiger partial charge on any atom is 0.0954 e. The molecule has 20 heavy (non-hydrogen) atoms. The number of rotatable bonds is 2. The van der Waals surface area contributed by atoms with E-state index in [1.165, 1.54) is 5.69 Å². The third-order valence-electron chi connectivity index (χ3n) is 2.86. The fourth-order valence-corrected chi connectivity index (χ4v) is 2.35. The Balaban J connectivity index is 0.000000829. The van der Waals surface area contributed by atoms with Crippen LogP contribution < -0.4 is 0 Å². The van der Waals surface area contributed by atoms with Crippen LogP contribution in [0.3, 0.4) is 0 Å². The lowest BCUT2D eigenvalue weighted by Crippen LogP contribution is -2.17. The molecule has 5 heteroatoms. The van der Waals surface area contributed by atoms with Crippen molar-refractivity contribution in [1.29, 1.82) is 0 Å². The summed E-state index contributed by atoms with van der Waals surface area (Å²) in [6, 6.07) is 0. The molecular weight excluding hydrogens is 272 g/mol. The monoisotopic (exact) mass is 302 g/mol. The van der Waals surface area contributed by atoms with Gasteiger partial charge in [0.1, 0.15) is 0 Å². The van der Waals surface area contributed by atoms with E-state index in [1.54, 1.807) is 0 Å². The largest absolute Gasteiger partial charge is 0.303 e. The maximum atomic E-state index is 6.39. The molecule has 2 heterocycles. The van der Waals surface area contributed by atoms with Crippen LogP contribution in [0.2, 0.25) is 5.02 Å². The normalized spacial score (nSPS) is 14.7. The van der Waals surface area contributed by atoms with Crippen molar-refractivity contribution in [2.24, 2.45) is 0 Å². The molecule has 0 radical (unpaired) electrons. The number of hydrogen-bond donors (Lipinski definition) is 0. The summed E-state index contributed by atoms with van der Waals surface area (Å²) in [5.74, 6) is 0. The van der Waals surface area contributed by atoms with Gasteiger partial charge in [0.05, 0.1) is 16.4 Å². The van der Waals surface area contributed by atoms with Crippen LogP contribution in [-0.4, -0.2) is 47.3 Å². The number of fused-ring (bicyclic) bond motifs is 1. The summed E-state index contributed by atoms with van der Waals surface area (Å²) in [5, 5.41) is 5.45. The predicted octanol–water partition coefficient (Wildman–Crippen LogP) is 3.49. The van der Waals surface area contributed by atoms with Crippen molar-refractivity contribution in [3.05, 3.63) is 16.4 Å². The summed E-state index contributed by atoms with van der Waals surface area (Å²) in [7, 11) is 6.20. The predicted molar refractivity (Wildman–Crippen MR) is 88.3 cm³/mol. The number of nitrogens with zero attached hydrogens (tertiary/aromatic N) is 4. The molecule has 118 valence electrons. The average molecular weight is 303 g/mol. The van der Waals surface area contributed by atoms with Crippen molar-refractivity contribution in [2.45, 2.75) is 53.8 Å². The minimum atomic E-state index is 0.808. The van der Waals surface area contributed by atoms with Crippen molar-refractivity contribution in [3.8, 4) is 0 Å². The molecular formula is C15H31ClN4. The molecule has 0 saturated carbocycles. The van der Waals surface area contributed by atoms with E-state index in [0.29, 0.717) is 0 Å². The first kappa shape index (κ1) is 19.4. The number of aryl methyl sites for hydroxylation is 1. The maximum absolute atomic E-state index is 6.39. The Kier molecular flexibility index (Phi) is 9.90. The van der Waals surface area contributed by atoms with Gasteiger partial charge in [-0.2, -0.15) is 5.10 Å². The summed E-state index contributed by atoms with van der Waals surface area (Å²) in [6.07, 6.45) is 1.14. The molecule has 1 aromatic rings. The minimum absolute atomic E-state index is 0.808. The molecule has 0 fully saturated rings. The topological polar surface area (TPSA) is 24.3 Å². The van der Waals surface area contributed by atoms with Gasteiger partial charge in [0.15, 0.2) is 0 Å². The fraction of sp³-hybridized carbons (Fsp3) is 0.800. The van der Waals surface area contributed by atoms with Gasteiger partial charge in [-0.15, -0.1) is 0 Å². The van der Waals surface area contributed by atoms with Crippen LogP contribution in [0, 0.1) is 0 Å². The molecule has 0 saturated heterocycles. The zero-order chi connectivity index (χ0) is 15.7. The molecule has 1 aliphatic rings. The van der Waals surface area contributed by atoms with E-state index >= 15 is 0 Å². The van der Waals surface area contributed by atoms with E-state index in [4.69, 9.17) is 11.6 Å². The van der Waals surface area contributed by atoms with E-state index in [0.717, 1.165) is 43.3 Å². The van der Waals surface area contributed by atoms with Crippen molar-refractivity contribution in [1.82, 2.24) is 19.6 Å². The Labute approximate surface area is 129 Å². The van der Waals surface area contributed by atoms with Crippen LogP contribution in [0.4, 0.5) is 0 Å². The van der Waals surface area contributed by atoms with Gasteiger partial charge in [-0.1, -0.05) is 39.3 Å². The Morgan fingerprint density at radius 3 is 2.30 bits per heavy atom. The van der Waals surface area contributed by atoms with Crippen LogP contribution in [-0.2, 0) is 19.6 Å². The Morgan fingerprint density at radius 1 is 1.15 bits per heavy atom. The summed E-state index contributed by atoms with van der Waals surface area (Å²) in [5.41, 5.74) is 2.16. The molecule has 0 N–H and O–H groups in total. The van der Waals surface area contributed by atoms with Crippen LogP contribution in [0.25, 0.3) is 0 Å². The number of aromatic nitrogens is 2. The highest BCUT2D eigenvalue weighted by Crippen LogP contribution is 2.24. The quantitative estimate of drug-likeness (QED) is 0.836. The first-order valence-corrected chi connectivity index (χ1v) is 8.03. The standard InChI is InChI=1S/C11H19ClN4.2C2H6/c1-14(2)7-9-11(12)10-8-15(3)5-4-6-16(10)13-9;2*1-2/h4-8H2,1-3H3;2*1-2H3. The zero-order valence-electron chi connectivity index (χ0n) is 14.2. The highest BCUT2D eigenvalue weighted by molar-refractivity contribution is 6.31. The van der Waals surface area contributed by atoms with Crippen molar-refractivity contribution < 1.29 is 0 Å². The third-order valence-corrected chi connectivity index (χ3v) is 3.29. The lowest BCUT2D eigenvalue weighted by atomic mass is 10.3. The van der Waals surface area contributed by atoms with E-state index < -0.39 is 0 Å². The molecule has 1 aromatic heterocycles. The highest BCUT2D eigenvalue weighted by atomic mass is 35.5. The lowest BCUT2D eigenvalue weighted by Gasteiger charge is -2.12. The third kappa shape index (κ3) is 5.43. The van der Waals surface area contributed by atoms with Gasteiger partial charge in [-0.05, 0) is 27.6 Å². The molecule has 0 atom stereocenters. The molecule has 0 unspecified atom stereocenters. The van der Waals surface area contributed by atoms with Crippen LogP contribution in [0.5, 0.6) is 0 Å². The zero-order valence-corrected chi connectivity index (χ0v) is 15.0. The van der Waals surface area contributed by atoms with Crippen molar-refractivity contribution in [3.63, 3.8) is 0 Å². The van der Waals surface area contributed by atoms with E-state index in [-0.39, 0.29) is 0 Å². The van der Waals surface area contributed by atoms with Gasteiger partial charge in [-0.3, -0.25) is 4.68 Å². The second kappa shape index (κ2) is 10.2. The molecule has 0 amide bonds. The van der Waals surface area contributed by atoms with E-state index in [2.05, 4.69) is 26.6 Å². The summed E-state index contributed by atoms with van der Waals surface area (Å²) in [6.45, 7) is 11.8. The molecule has 0 aromatic carbocycles. The van der Waals surface area contributed by atoms with Crippen LogP contribution >= 0.6 is 11.6 Å². The van der Waals surface area contributed by atoms with Gasteiger partial charge in [0.2, 0.25) is 0 Å². The SMILES string of the molecule is CC.CC.CN(C)Cc1nn2c(c1Cl)CN(C)CCC2. The Morgan fingerprint density at radius 2 is 1.75 bits per heavy atom.